The van der Waals surface area contributed by atoms with Gasteiger partial charge in [-0.15, -0.1) is 0 Å². The molecule has 0 bridgehead atoms. The van der Waals surface area contributed by atoms with E-state index in [9.17, 15) is 19.2 Å². The molecule has 1 aliphatic heterocycles. The van der Waals surface area contributed by atoms with Crippen LogP contribution in [0.25, 0.3) is 5.69 Å². The molecule has 9 nitrogen and oxygen atoms in total. The van der Waals surface area contributed by atoms with E-state index < -0.39 is 17.4 Å². The highest BCUT2D eigenvalue weighted by molar-refractivity contribution is 6.23. The van der Waals surface area contributed by atoms with E-state index in [-0.39, 0.29) is 22.9 Å². The maximum Gasteiger partial charge on any atom is 0.262 e. The summed E-state index contributed by atoms with van der Waals surface area (Å²) in [7, 11) is 0. The molecule has 29 heavy (non-hydrogen) atoms. The zero-order valence-electron chi connectivity index (χ0n) is 16.3. The lowest BCUT2D eigenvalue weighted by atomic mass is 10.1. The average Bonchev–Trinajstić information content (AvgIpc) is 2.99. The Hall–Kier alpha value is -3.46. The quantitative estimate of drug-likeness (QED) is 0.580. The Morgan fingerprint density at radius 3 is 2.38 bits per heavy atom. The van der Waals surface area contributed by atoms with Crippen LogP contribution in [-0.2, 0) is 0 Å². The summed E-state index contributed by atoms with van der Waals surface area (Å²) in [6, 6.07) is 7.37. The molecular weight excluding hydrogens is 374 g/mol. The number of carbonyl (C=O) groups excluding carboxylic acids is 3. The number of nitrogen functional groups attached to an aromatic ring is 1. The van der Waals surface area contributed by atoms with Crippen LogP contribution in [0, 0.1) is 0 Å². The molecule has 1 aromatic heterocycles. The number of carbonyl (C=O) groups is 3. The van der Waals surface area contributed by atoms with E-state index in [1.54, 1.807) is 24.3 Å². The summed E-state index contributed by atoms with van der Waals surface area (Å²) >= 11 is 0. The smallest absolute Gasteiger partial charge is 0.262 e. The van der Waals surface area contributed by atoms with Crippen molar-refractivity contribution in [1.29, 1.82) is 0 Å². The van der Waals surface area contributed by atoms with Crippen molar-refractivity contribution < 1.29 is 14.4 Å². The molecule has 0 atom stereocenters. The van der Waals surface area contributed by atoms with Crippen molar-refractivity contribution in [3.05, 3.63) is 57.4 Å². The number of imide groups is 1. The van der Waals surface area contributed by atoms with Crippen LogP contribution in [0.4, 0.5) is 5.82 Å². The van der Waals surface area contributed by atoms with Gasteiger partial charge in [0.05, 0.1) is 16.8 Å². The molecule has 0 unspecified atom stereocenters. The van der Waals surface area contributed by atoms with Crippen molar-refractivity contribution in [3.8, 4) is 5.69 Å². The number of nitrogens with two attached hydrogens (primary N) is 1. The van der Waals surface area contributed by atoms with Gasteiger partial charge in [-0.2, -0.15) is 0 Å². The molecule has 4 N–H and O–H groups in total. The van der Waals surface area contributed by atoms with Crippen molar-refractivity contribution >= 4 is 23.5 Å². The molecule has 1 aromatic carbocycles. The van der Waals surface area contributed by atoms with Crippen LogP contribution in [0.5, 0.6) is 0 Å². The lowest BCUT2D eigenvalue weighted by molar-refractivity contribution is 0.0878. The van der Waals surface area contributed by atoms with Gasteiger partial charge in [0, 0.05) is 24.7 Å². The van der Waals surface area contributed by atoms with Gasteiger partial charge in [-0.25, -0.2) is 0 Å². The largest absolute Gasteiger partial charge is 0.384 e. The van der Waals surface area contributed by atoms with E-state index in [0.717, 1.165) is 30.3 Å². The second-order valence-corrected chi connectivity index (χ2v) is 6.60. The van der Waals surface area contributed by atoms with Crippen LogP contribution in [0.3, 0.4) is 0 Å². The third kappa shape index (κ3) is 3.90. The fourth-order valence-electron chi connectivity index (χ4n) is 3.28. The molecule has 9 heteroatoms. The minimum Gasteiger partial charge on any atom is -0.384 e. The molecule has 0 saturated carbocycles. The van der Waals surface area contributed by atoms with E-state index in [1.165, 1.54) is 0 Å². The van der Waals surface area contributed by atoms with E-state index in [0.29, 0.717) is 17.8 Å². The summed E-state index contributed by atoms with van der Waals surface area (Å²) in [4.78, 5) is 50.6. The zero-order valence-corrected chi connectivity index (χ0v) is 16.3. The Balaban J connectivity index is 1.80. The summed E-state index contributed by atoms with van der Waals surface area (Å²) in [5, 5.41) is 4.98. The summed E-state index contributed by atoms with van der Waals surface area (Å²) < 4.78 is 1.14. The normalized spacial score (nSPS) is 12.8. The third-order valence-corrected chi connectivity index (χ3v) is 4.95. The molecule has 3 amide bonds. The maximum atomic E-state index is 12.4. The molecule has 0 spiro atoms. The highest BCUT2D eigenvalue weighted by Gasteiger charge is 2.31. The molecule has 0 aliphatic carbocycles. The van der Waals surface area contributed by atoms with E-state index >= 15 is 0 Å². The van der Waals surface area contributed by atoms with Gasteiger partial charge in [-0.05, 0) is 37.4 Å². The van der Waals surface area contributed by atoms with Crippen LogP contribution >= 0.6 is 0 Å². The van der Waals surface area contributed by atoms with Crippen LogP contribution in [0.15, 0.2) is 35.1 Å². The van der Waals surface area contributed by atoms with Gasteiger partial charge < -0.3 is 16.0 Å². The number of hydrogen-bond acceptors (Lipinski definition) is 6. The third-order valence-electron chi connectivity index (χ3n) is 4.95. The SMILES string of the molecule is CCN(CC)CCNC(=O)c1ccc(-n2c(N)c3c(cc2=O)C(=O)NC3=O)cc1. The Kier molecular flexibility index (Phi) is 5.79. The number of amides is 3. The minimum atomic E-state index is -0.641. The average molecular weight is 397 g/mol. The van der Waals surface area contributed by atoms with Gasteiger partial charge in [0.2, 0.25) is 0 Å². The standard InChI is InChI=1S/C20H23N5O4/c1-3-24(4-2)10-9-22-18(27)12-5-7-13(8-6-12)25-15(26)11-14-16(17(25)21)20(29)23-19(14)28/h5-8,11H,3-4,9-10,21H2,1-2H3,(H,22,27)(H,23,28,29). The highest BCUT2D eigenvalue weighted by atomic mass is 16.2. The highest BCUT2D eigenvalue weighted by Crippen LogP contribution is 2.22. The number of likely N-dealkylation sites (N-methyl/N-ethyl adjacent to an activating group) is 1. The maximum absolute atomic E-state index is 12.4. The minimum absolute atomic E-state index is 0.0205. The number of nitrogens with zero attached hydrogens (tertiary/aromatic N) is 2. The molecule has 2 aromatic rings. The molecule has 2 heterocycles. The van der Waals surface area contributed by atoms with Crippen molar-refractivity contribution in [1.82, 2.24) is 20.1 Å². The second-order valence-electron chi connectivity index (χ2n) is 6.60. The Labute approximate surface area is 167 Å². The summed E-state index contributed by atoms with van der Waals surface area (Å²) in [5.74, 6) is -1.62. The van der Waals surface area contributed by atoms with Crippen LogP contribution < -0.4 is 21.9 Å². The fourth-order valence-corrected chi connectivity index (χ4v) is 3.28. The topological polar surface area (TPSA) is 127 Å². The summed E-state index contributed by atoms with van der Waals surface area (Å²) in [5.41, 5.74) is 6.24. The molecule has 0 radical (unpaired) electrons. The predicted octanol–water partition coefficient (Wildman–Crippen LogP) is 0.375. The fraction of sp³-hybridized carbons (Fsp3) is 0.300. The lowest BCUT2D eigenvalue weighted by Crippen LogP contribution is -2.34. The number of pyridine rings is 1. The molecule has 1 aliphatic rings. The molecule has 152 valence electrons. The zero-order chi connectivity index (χ0) is 21.1. The molecular formula is C20H23N5O4. The van der Waals surface area contributed by atoms with Crippen molar-refractivity contribution in [2.24, 2.45) is 0 Å². The monoisotopic (exact) mass is 397 g/mol. The van der Waals surface area contributed by atoms with Gasteiger partial charge in [0.1, 0.15) is 5.82 Å². The van der Waals surface area contributed by atoms with E-state index in [4.69, 9.17) is 5.73 Å². The Morgan fingerprint density at radius 1 is 1.10 bits per heavy atom. The number of benzene rings is 1. The Morgan fingerprint density at radius 2 is 1.76 bits per heavy atom. The number of fused-ring (bicyclic) bond motifs is 1. The van der Waals surface area contributed by atoms with E-state index in [1.807, 2.05) is 0 Å². The number of nitrogens with one attached hydrogen (secondary N) is 2. The van der Waals surface area contributed by atoms with Crippen LogP contribution in [0.2, 0.25) is 0 Å². The van der Waals surface area contributed by atoms with Gasteiger partial charge in [-0.1, -0.05) is 13.8 Å². The number of rotatable bonds is 7. The van der Waals surface area contributed by atoms with Crippen molar-refractivity contribution in [3.63, 3.8) is 0 Å². The first kappa shape index (κ1) is 20.3. The van der Waals surface area contributed by atoms with Crippen molar-refractivity contribution in [2.45, 2.75) is 13.8 Å². The molecule has 0 fully saturated rings. The first-order valence-electron chi connectivity index (χ1n) is 9.39. The van der Waals surface area contributed by atoms with Crippen molar-refractivity contribution in [2.75, 3.05) is 31.9 Å². The number of aromatic nitrogens is 1. The molecule has 3 rings (SSSR count). The van der Waals surface area contributed by atoms with Gasteiger partial charge in [0.15, 0.2) is 0 Å². The summed E-state index contributed by atoms with van der Waals surface area (Å²) in [6.45, 7) is 7.26. The first-order valence-corrected chi connectivity index (χ1v) is 9.39. The van der Waals surface area contributed by atoms with Crippen LogP contribution in [0.1, 0.15) is 44.9 Å². The molecule has 0 saturated heterocycles. The first-order chi connectivity index (χ1) is 13.9. The lowest BCUT2D eigenvalue weighted by Gasteiger charge is -2.18. The van der Waals surface area contributed by atoms with Gasteiger partial charge in [-0.3, -0.25) is 29.1 Å². The van der Waals surface area contributed by atoms with Gasteiger partial charge >= 0.3 is 0 Å². The van der Waals surface area contributed by atoms with E-state index in [2.05, 4.69) is 29.4 Å². The second kappa shape index (κ2) is 8.27. The van der Waals surface area contributed by atoms with Crippen LogP contribution in [-0.4, -0.2) is 53.4 Å². The number of hydrogen-bond donors (Lipinski definition) is 3. The number of anilines is 1. The summed E-state index contributed by atoms with van der Waals surface area (Å²) in [6.07, 6.45) is 0. The predicted molar refractivity (Wildman–Crippen MR) is 108 cm³/mol. The Bertz CT molecular complexity index is 1020. The van der Waals surface area contributed by atoms with Gasteiger partial charge in [0.25, 0.3) is 23.3 Å².